The molecule has 3 heteroatoms. The minimum atomic E-state index is -0.616. The molecule has 0 radical (unpaired) electrons. The van der Waals surface area contributed by atoms with Crippen LogP contribution in [0.3, 0.4) is 0 Å². The zero-order chi connectivity index (χ0) is 14.3. The lowest BCUT2D eigenvalue weighted by molar-refractivity contribution is 0.104. The van der Waals surface area contributed by atoms with Gasteiger partial charge in [-0.1, -0.05) is 37.0 Å². The molecule has 0 N–H and O–H groups in total. The van der Waals surface area contributed by atoms with Gasteiger partial charge in [0, 0.05) is 0 Å². The molecular weight excluding hydrogens is 240 g/mol. The van der Waals surface area contributed by atoms with Crippen LogP contribution >= 0.6 is 0 Å². The molecule has 1 heterocycles. The second-order valence-corrected chi connectivity index (χ2v) is 3.85. The Morgan fingerprint density at radius 1 is 1.26 bits per heavy atom. The number of ketones is 1. The zero-order valence-corrected chi connectivity index (χ0v) is 11.1. The van der Waals surface area contributed by atoms with Gasteiger partial charge in [-0.15, -0.1) is 0 Å². The molecule has 98 valence electrons. The average molecular weight is 256 g/mol. The molecule has 0 bridgehead atoms. The van der Waals surface area contributed by atoms with Crippen LogP contribution < -0.4 is 5.63 Å². The smallest absolute Gasteiger partial charge is 0.347 e. The van der Waals surface area contributed by atoms with Crippen molar-refractivity contribution in [2.24, 2.45) is 0 Å². The summed E-state index contributed by atoms with van der Waals surface area (Å²) in [6.45, 7) is 7.13. The van der Waals surface area contributed by atoms with Crippen LogP contribution in [-0.2, 0) is 0 Å². The minimum Gasteiger partial charge on any atom is -0.428 e. The zero-order valence-electron chi connectivity index (χ0n) is 11.1. The van der Waals surface area contributed by atoms with Gasteiger partial charge in [-0.05, 0) is 37.6 Å². The van der Waals surface area contributed by atoms with Crippen LogP contribution in [0.4, 0.5) is 0 Å². The van der Waals surface area contributed by atoms with E-state index in [1.165, 1.54) is 12.1 Å². The summed E-state index contributed by atoms with van der Waals surface area (Å²) < 4.78 is 4.88. The van der Waals surface area contributed by atoms with Crippen molar-refractivity contribution >= 4 is 5.78 Å². The lowest BCUT2D eigenvalue weighted by Gasteiger charge is -1.95. The first-order valence-corrected chi connectivity index (χ1v) is 5.87. The standard InChI is InChI=1S/C16H16O3/c1-4-6-13(7-5-2)9-11-15(17)14-10-8-12(3)19-16(14)18/h4-11H,1H2,2-3H3/b7-5-,11-9+,13-6+. The summed E-state index contributed by atoms with van der Waals surface area (Å²) >= 11 is 0. The van der Waals surface area contributed by atoms with Crippen molar-refractivity contribution < 1.29 is 9.21 Å². The molecule has 1 aromatic heterocycles. The van der Waals surface area contributed by atoms with Gasteiger partial charge in [0.2, 0.25) is 0 Å². The quantitative estimate of drug-likeness (QED) is 0.461. The Hall–Kier alpha value is -2.42. The topological polar surface area (TPSA) is 47.3 Å². The molecule has 0 saturated carbocycles. The van der Waals surface area contributed by atoms with Gasteiger partial charge >= 0.3 is 5.63 Å². The molecule has 0 aliphatic heterocycles. The van der Waals surface area contributed by atoms with Crippen LogP contribution in [0.15, 0.2) is 70.0 Å². The highest BCUT2D eigenvalue weighted by molar-refractivity contribution is 6.04. The Morgan fingerprint density at radius 3 is 2.58 bits per heavy atom. The van der Waals surface area contributed by atoms with Gasteiger partial charge in [0.1, 0.15) is 11.3 Å². The monoisotopic (exact) mass is 256 g/mol. The Bertz CT molecular complexity index is 613. The van der Waals surface area contributed by atoms with Crippen molar-refractivity contribution in [1.29, 1.82) is 0 Å². The van der Waals surface area contributed by atoms with Gasteiger partial charge in [0.05, 0.1) is 0 Å². The van der Waals surface area contributed by atoms with E-state index in [4.69, 9.17) is 4.42 Å². The van der Waals surface area contributed by atoms with Gasteiger partial charge in [-0.3, -0.25) is 4.79 Å². The van der Waals surface area contributed by atoms with E-state index in [9.17, 15) is 9.59 Å². The fourth-order valence-electron chi connectivity index (χ4n) is 1.44. The van der Waals surface area contributed by atoms with Crippen LogP contribution in [-0.4, -0.2) is 5.78 Å². The van der Waals surface area contributed by atoms with Crippen molar-refractivity contribution in [2.75, 3.05) is 0 Å². The first-order chi connectivity index (χ1) is 9.08. The van der Waals surface area contributed by atoms with E-state index in [1.807, 2.05) is 19.1 Å². The summed E-state index contributed by atoms with van der Waals surface area (Å²) in [4.78, 5) is 23.4. The van der Waals surface area contributed by atoms with Crippen molar-refractivity contribution in [3.05, 3.63) is 82.5 Å². The average Bonchev–Trinajstić information content (AvgIpc) is 2.36. The second kappa shape index (κ2) is 7.11. The second-order valence-electron chi connectivity index (χ2n) is 3.85. The third-order valence-electron chi connectivity index (χ3n) is 2.32. The third kappa shape index (κ3) is 4.39. The maximum Gasteiger partial charge on any atom is 0.347 e. The van der Waals surface area contributed by atoms with Crippen LogP contribution in [0, 0.1) is 6.92 Å². The molecule has 0 spiro atoms. The molecule has 0 aliphatic carbocycles. The normalized spacial score (nSPS) is 12.2. The molecule has 0 saturated heterocycles. The van der Waals surface area contributed by atoms with Crippen LogP contribution in [0.1, 0.15) is 23.0 Å². The highest BCUT2D eigenvalue weighted by Crippen LogP contribution is 2.03. The molecular formula is C16H16O3. The summed E-state index contributed by atoms with van der Waals surface area (Å²) in [5, 5.41) is 0. The largest absolute Gasteiger partial charge is 0.428 e. The maximum absolute atomic E-state index is 11.9. The van der Waals surface area contributed by atoms with Gasteiger partial charge in [-0.2, -0.15) is 0 Å². The highest BCUT2D eigenvalue weighted by atomic mass is 16.4. The molecule has 19 heavy (non-hydrogen) atoms. The lowest BCUT2D eigenvalue weighted by Crippen LogP contribution is -2.12. The van der Waals surface area contributed by atoms with E-state index in [1.54, 1.807) is 31.2 Å². The van der Waals surface area contributed by atoms with E-state index in [0.29, 0.717) is 5.76 Å². The maximum atomic E-state index is 11.9. The fraction of sp³-hybridized carbons (Fsp3) is 0.125. The molecule has 0 amide bonds. The fourth-order valence-corrected chi connectivity index (χ4v) is 1.44. The summed E-state index contributed by atoms with van der Waals surface area (Å²) in [7, 11) is 0. The number of carbonyl (C=O) groups excluding carboxylic acids is 1. The van der Waals surface area contributed by atoms with Crippen molar-refractivity contribution in [1.82, 2.24) is 0 Å². The van der Waals surface area contributed by atoms with Crippen molar-refractivity contribution in [3.63, 3.8) is 0 Å². The Balaban J connectivity index is 2.99. The molecule has 3 nitrogen and oxygen atoms in total. The summed E-state index contributed by atoms with van der Waals surface area (Å²) in [6, 6.07) is 3.06. The van der Waals surface area contributed by atoms with Crippen LogP contribution in [0.5, 0.6) is 0 Å². The van der Waals surface area contributed by atoms with Crippen LogP contribution in [0.2, 0.25) is 0 Å². The predicted octanol–water partition coefficient (Wildman–Crippen LogP) is 3.38. The molecule has 0 fully saturated rings. The Kier molecular flexibility index (Phi) is 5.48. The number of aryl methyl sites for hydroxylation is 1. The first kappa shape index (κ1) is 14.6. The lowest BCUT2D eigenvalue weighted by atomic mass is 10.1. The molecule has 0 aliphatic rings. The van der Waals surface area contributed by atoms with Gasteiger partial charge in [-0.25, -0.2) is 4.79 Å². The predicted molar refractivity (Wildman–Crippen MR) is 76.3 cm³/mol. The number of carbonyl (C=O) groups is 1. The number of rotatable bonds is 5. The van der Waals surface area contributed by atoms with Crippen molar-refractivity contribution in [3.8, 4) is 0 Å². The first-order valence-electron chi connectivity index (χ1n) is 5.87. The molecule has 0 unspecified atom stereocenters. The molecule has 0 aromatic carbocycles. The van der Waals surface area contributed by atoms with E-state index in [2.05, 4.69) is 6.58 Å². The number of hydrogen-bond acceptors (Lipinski definition) is 3. The van der Waals surface area contributed by atoms with E-state index in [0.717, 1.165) is 5.57 Å². The highest BCUT2D eigenvalue weighted by Gasteiger charge is 2.08. The molecule has 1 aromatic rings. The molecule has 0 atom stereocenters. The SMILES string of the molecule is C=C/C=C(\C=C/C)/C=C/C(=O)c1ccc(C)oc1=O. The van der Waals surface area contributed by atoms with E-state index < -0.39 is 5.63 Å². The summed E-state index contributed by atoms with van der Waals surface area (Å²) in [5.41, 5.74) is 0.234. The Morgan fingerprint density at radius 2 is 2.00 bits per heavy atom. The van der Waals surface area contributed by atoms with E-state index >= 15 is 0 Å². The summed E-state index contributed by atoms with van der Waals surface area (Å²) in [6.07, 6.45) is 10.1. The third-order valence-corrected chi connectivity index (χ3v) is 2.32. The van der Waals surface area contributed by atoms with Crippen LogP contribution in [0.25, 0.3) is 0 Å². The van der Waals surface area contributed by atoms with E-state index in [-0.39, 0.29) is 11.3 Å². The van der Waals surface area contributed by atoms with Gasteiger partial charge < -0.3 is 4.42 Å². The Labute approximate surface area is 112 Å². The summed E-state index contributed by atoms with van der Waals surface area (Å²) in [5.74, 6) is 0.0971. The van der Waals surface area contributed by atoms with Gasteiger partial charge in [0.25, 0.3) is 0 Å². The van der Waals surface area contributed by atoms with Gasteiger partial charge in [0.15, 0.2) is 5.78 Å². The van der Waals surface area contributed by atoms with Crippen molar-refractivity contribution in [2.45, 2.75) is 13.8 Å². The molecule has 1 rings (SSSR count). The number of allylic oxidation sites excluding steroid dienone is 7. The number of hydrogen-bond donors (Lipinski definition) is 0. The minimum absolute atomic E-state index is 0.0280.